The van der Waals surface area contributed by atoms with Gasteiger partial charge in [0.2, 0.25) is 0 Å². The van der Waals surface area contributed by atoms with Gasteiger partial charge in [-0.25, -0.2) is 4.98 Å². The maximum Gasteiger partial charge on any atom is 0.417 e. The molecule has 1 atom stereocenters. The molecule has 0 aliphatic carbocycles. The van der Waals surface area contributed by atoms with E-state index >= 15 is 0 Å². The number of carbonyl (C=O) groups excluding carboxylic acids is 1. The molecule has 1 amide bonds. The SMILES string of the molecule is O=C(c1ccccc1C(F)(F)F)N1CCC(NC2CCCn3ccnc32)CC1. The van der Waals surface area contributed by atoms with Crippen LogP contribution in [0.4, 0.5) is 13.2 Å². The first-order chi connectivity index (χ1) is 13.4. The van der Waals surface area contributed by atoms with Gasteiger partial charge in [-0.3, -0.25) is 4.79 Å². The average molecular weight is 392 g/mol. The standard InChI is InChI=1S/C20H23F3N4O/c21-20(22,23)16-5-2-1-4-15(16)19(28)27-11-7-14(8-12-27)25-17-6-3-10-26-13-9-24-18(17)26/h1-2,4-5,9,13-14,17,25H,3,6-8,10-12H2. The zero-order valence-electron chi connectivity index (χ0n) is 15.5. The van der Waals surface area contributed by atoms with E-state index in [0.717, 1.165) is 44.1 Å². The van der Waals surface area contributed by atoms with Crippen LogP contribution in [0.3, 0.4) is 0 Å². The summed E-state index contributed by atoms with van der Waals surface area (Å²) in [5.74, 6) is 0.503. The number of imidazole rings is 1. The summed E-state index contributed by atoms with van der Waals surface area (Å²) in [6.07, 6.45) is 2.82. The summed E-state index contributed by atoms with van der Waals surface area (Å²) in [6.45, 7) is 1.88. The average Bonchev–Trinajstić information content (AvgIpc) is 3.17. The van der Waals surface area contributed by atoms with E-state index < -0.39 is 17.6 Å². The first kappa shape index (κ1) is 19.0. The van der Waals surface area contributed by atoms with Gasteiger partial charge in [-0.15, -0.1) is 0 Å². The molecule has 0 radical (unpaired) electrons. The van der Waals surface area contributed by atoms with Crippen LogP contribution in [0.2, 0.25) is 0 Å². The van der Waals surface area contributed by atoms with Crippen molar-refractivity contribution in [2.24, 2.45) is 0 Å². The van der Waals surface area contributed by atoms with Gasteiger partial charge < -0.3 is 14.8 Å². The number of aryl methyl sites for hydroxylation is 1. The fourth-order valence-corrected chi connectivity index (χ4v) is 4.19. The van der Waals surface area contributed by atoms with E-state index in [1.807, 2.05) is 12.4 Å². The Kier molecular flexibility index (Phi) is 5.14. The van der Waals surface area contributed by atoms with Crippen LogP contribution in [0.15, 0.2) is 36.7 Å². The van der Waals surface area contributed by atoms with E-state index in [9.17, 15) is 18.0 Å². The summed E-state index contributed by atoms with van der Waals surface area (Å²) in [7, 11) is 0. The molecule has 0 saturated carbocycles. The van der Waals surface area contributed by atoms with E-state index in [0.29, 0.717) is 13.1 Å². The van der Waals surface area contributed by atoms with Crippen molar-refractivity contribution >= 4 is 5.91 Å². The zero-order chi connectivity index (χ0) is 19.7. The minimum Gasteiger partial charge on any atom is -0.339 e. The summed E-state index contributed by atoms with van der Waals surface area (Å²) >= 11 is 0. The first-order valence-electron chi connectivity index (χ1n) is 9.66. The third kappa shape index (κ3) is 3.78. The first-order valence-corrected chi connectivity index (χ1v) is 9.66. The molecule has 3 heterocycles. The van der Waals surface area contributed by atoms with Crippen LogP contribution in [0.1, 0.15) is 53.5 Å². The second-order valence-electron chi connectivity index (χ2n) is 7.45. The number of amides is 1. The van der Waals surface area contributed by atoms with Crippen molar-refractivity contribution in [1.29, 1.82) is 0 Å². The normalized spacial score (nSPS) is 20.8. The maximum absolute atomic E-state index is 13.2. The van der Waals surface area contributed by atoms with Crippen LogP contribution in [0, 0.1) is 0 Å². The summed E-state index contributed by atoms with van der Waals surface area (Å²) in [5.41, 5.74) is -1.13. The molecule has 2 aliphatic rings. The predicted octanol–water partition coefficient (Wildman–Crippen LogP) is 3.63. The number of hydrogen-bond donors (Lipinski definition) is 1. The maximum atomic E-state index is 13.2. The van der Waals surface area contributed by atoms with E-state index in [4.69, 9.17) is 0 Å². The molecule has 28 heavy (non-hydrogen) atoms. The molecule has 1 unspecified atom stereocenters. The summed E-state index contributed by atoms with van der Waals surface area (Å²) in [4.78, 5) is 18.7. The number of nitrogens with one attached hydrogen (secondary N) is 1. The van der Waals surface area contributed by atoms with Gasteiger partial charge in [0.25, 0.3) is 5.91 Å². The summed E-state index contributed by atoms with van der Waals surface area (Å²) < 4.78 is 41.8. The molecule has 1 fully saturated rings. The van der Waals surface area contributed by atoms with Crippen LogP contribution in [0.5, 0.6) is 0 Å². The van der Waals surface area contributed by atoms with Gasteiger partial charge in [-0.1, -0.05) is 12.1 Å². The molecule has 1 saturated heterocycles. The molecular weight excluding hydrogens is 369 g/mol. The zero-order valence-corrected chi connectivity index (χ0v) is 15.5. The van der Waals surface area contributed by atoms with Crippen molar-refractivity contribution in [3.05, 3.63) is 53.6 Å². The predicted molar refractivity (Wildman–Crippen MR) is 97.7 cm³/mol. The lowest BCUT2D eigenvalue weighted by Crippen LogP contribution is -2.46. The van der Waals surface area contributed by atoms with Gasteiger partial charge in [0.15, 0.2) is 0 Å². The minimum atomic E-state index is -4.53. The molecule has 2 aromatic rings. The third-order valence-corrected chi connectivity index (χ3v) is 5.63. The van der Waals surface area contributed by atoms with E-state index in [-0.39, 0.29) is 17.6 Å². The highest BCUT2D eigenvalue weighted by Gasteiger charge is 2.36. The van der Waals surface area contributed by atoms with Crippen LogP contribution in [-0.4, -0.2) is 39.5 Å². The number of fused-ring (bicyclic) bond motifs is 1. The van der Waals surface area contributed by atoms with Crippen LogP contribution >= 0.6 is 0 Å². The molecule has 1 N–H and O–H groups in total. The lowest BCUT2D eigenvalue weighted by atomic mass is 9.99. The molecule has 8 heteroatoms. The fraction of sp³-hybridized carbons (Fsp3) is 0.500. The van der Waals surface area contributed by atoms with Crippen molar-refractivity contribution in [3.63, 3.8) is 0 Å². The van der Waals surface area contributed by atoms with E-state index in [2.05, 4.69) is 14.9 Å². The lowest BCUT2D eigenvalue weighted by molar-refractivity contribution is -0.138. The van der Waals surface area contributed by atoms with Gasteiger partial charge in [-0.05, 0) is 37.8 Å². The Bertz CT molecular complexity index is 840. The number of likely N-dealkylation sites (tertiary alicyclic amines) is 1. The summed E-state index contributed by atoms with van der Waals surface area (Å²) in [6, 6.07) is 5.44. The highest BCUT2D eigenvalue weighted by Crippen LogP contribution is 2.33. The van der Waals surface area contributed by atoms with Crippen LogP contribution in [0.25, 0.3) is 0 Å². The number of carbonyl (C=O) groups is 1. The molecule has 0 spiro atoms. The summed E-state index contributed by atoms with van der Waals surface area (Å²) in [5, 5.41) is 3.63. The topological polar surface area (TPSA) is 50.2 Å². The fourth-order valence-electron chi connectivity index (χ4n) is 4.19. The molecule has 1 aromatic carbocycles. The van der Waals surface area contributed by atoms with Crippen LogP contribution in [-0.2, 0) is 12.7 Å². The van der Waals surface area contributed by atoms with E-state index in [1.54, 1.807) is 0 Å². The second-order valence-corrected chi connectivity index (χ2v) is 7.45. The van der Waals surface area contributed by atoms with Gasteiger partial charge in [0, 0.05) is 38.1 Å². The lowest BCUT2D eigenvalue weighted by Gasteiger charge is -2.36. The van der Waals surface area contributed by atoms with Crippen molar-refractivity contribution in [1.82, 2.24) is 19.8 Å². The van der Waals surface area contributed by atoms with E-state index in [1.165, 1.54) is 23.1 Å². The number of rotatable bonds is 3. The number of piperidine rings is 1. The Morgan fingerprint density at radius 3 is 2.61 bits per heavy atom. The quantitative estimate of drug-likeness (QED) is 0.868. The largest absolute Gasteiger partial charge is 0.417 e. The molecule has 150 valence electrons. The number of aromatic nitrogens is 2. The second kappa shape index (κ2) is 7.58. The minimum absolute atomic E-state index is 0.196. The Morgan fingerprint density at radius 2 is 1.86 bits per heavy atom. The Morgan fingerprint density at radius 1 is 1.11 bits per heavy atom. The van der Waals surface area contributed by atoms with Gasteiger partial charge in [0.1, 0.15) is 5.82 Å². The molecule has 1 aromatic heterocycles. The number of halogens is 3. The Hall–Kier alpha value is -2.35. The Labute approximate surface area is 161 Å². The molecule has 4 rings (SSSR count). The third-order valence-electron chi connectivity index (χ3n) is 5.63. The molecule has 5 nitrogen and oxygen atoms in total. The van der Waals surface area contributed by atoms with Gasteiger partial charge in [0.05, 0.1) is 17.2 Å². The van der Waals surface area contributed by atoms with Crippen molar-refractivity contribution in [3.8, 4) is 0 Å². The highest BCUT2D eigenvalue weighted by molar-refractivity contribution is 5.96. The molecule has 0 bridgehead atoms. The van der Waals surface area contributed by atoms with Crippen LogP contribution < -0.4 is 5.32 Å². The van der Waals surface area contributed by atoms with Gasteiger partial charge in [-0.2, -0.15) is 13.2 Å². The highest BCUT2D eigenvalue weighted by atomic mass is 19.4. The Balaban J connectivity index is 1.38. The molecular formula is C20H23F3N4O. The monoisotopic (exact) mass is 392 g/mol. The number of nitrogens with zero attached hydrogens (tertiary/aromatic N) is 3. The van der Waals surface area contributed by atoms with Gasteiger partial charge >= 0.3 is 6.18 Å². The smallest absolute Gasteiger partial charge is 0.339 e. The van der Waals surface area contributed by atoms with Crippen molar-refractivity contribution < 1.29 is 18.0 Å². The number of hydrogen-bond acceptors (Lipinski definition) is 3. The van der Waals surface area contributed by atoms with Crippen molar-refractivity contribution in [2.45, 2.75) is 50.5 Å². The number of alkyl halides is 3. The molecule has 2 aliphatic heterocycles. The van der Waals surface area contributed by atoms with Crippen molar-refractivity contribution in [2.75, 3.05) is 13.1 Å². The number of benzene rings is 1.